The molecule has 1 N–H and O–H groups in total. The van der Waals surface area contributed by atoms with Gasteiger partial charge in [0.15, 0.2) is 0 Å². The molecule has 1 heterocycles. The van der Waals surface area contributed by atoms with Crippen LogP contribution >= 0.6 is 0 Å². The van der Waals surface area contributed by atoms with Crippen molar-refractivity contribution in [3.8, 4) is 0 Å². The van der Waals surface area contributed by atoms with Crippen LogP contribution in [0.15, 0.2) is 30.3 Å². The van der Waals surface area contributed by atoms with E-state index in [4.69, 9.17) is 4.74 Å². The Kier molecular flexibility index (Phi) is 2.87. The van der Waals surface area contributed by atoms with Crippen LogP contribution in [0.25, 0.3) is 0 Å². The van der Waals surface area contributed by atoms with E-state index < -0.39 is 6.10 Å². The van der Waals surface area contributed by atoms with Crippen molar-refractivity contribution < 1.29 is 14.6 Å². The van der Waals surface area contributed by atoms with Gasteiger partial charge in [-0.05, 0) is 0 Å². The molecule has 1 fully saturated rings. The quantitative estimate of drug-likeness (QED) is 0.585. The molecule has 1 aliphatic rings. The van der Waals surface area contributed by atoms with Crippen molar-refractivity contribution in [1.29, 1.82) is 0 Å². The van der Waals surface area contributed by atoms with Gasteiger partial charge in [0.05, 0.1) is 0 Å². The average molecular weight is 257 g/mol. The Balaban J connectivity index is 2.07. The number of ether oxygens (including phenoxy) is 1. The van der Waals surface area contributed by atoms with Crippen LogP contribution in [0.5, 0.6) is 0 Å². The third kappa shape index (κ3) is 1.98. The van der Waals surface area contributed by atoms with E-state index in [2.05, 4.69) is 0 Å². The first-order valence-corrected chi connectivity index (χ1v) is 6.18. The Bertz CT molecular complexity index is 325. The fourth-order valence-corrected chi connectivity index (χ4v) is 3.38. The van der Waals surface area contributed by atoms with Crippen molar-refractivity contribution in [2.24, 2.45) is 0 Å². The minimum absolute atomic E-state index is 0.0335. The zero-order chi connectivity index (χ0) is 9.97. The van der Waals surface area contributed by atoms with Crippen LogP contribution in [0.3, 0.4) is 0 Å². The van der Waals surface area contributed by atoms with E-state index >= 15 is 0 Å². The molecule has 0 radical (unpaired) electrons. The van der Waals surface area contributed by atoms with E-state index in [1.54, 1.807) is 0 Å². The molecule has 74 valence electrons. The summed E-state index contributed by atoms with van der Waals surface area (Å²) in [7, 11) is 0. The zero-order valence-electron chi connectivity index (χ0n) is 7.42. The van der Waals surface area contributed by atoms with Gasteiger partial charge >= 0.3 is 87.9 Å². The predicted molar refractivity (Wildman–Crippen MR) is 52.5 cm³/mol. The maximum atomic E-state index is 11.2. The molecule has 0 saturated carbocycles. The van der Waals surface area contributed by atoms with Crippen molar-refractivity contribution in [2.45, 2.75) is 10.9 Å². The number of benzene rings is 1. The summed E-state index contributed by atoms with van der Waals surface area (Å²) in [6, 6.07) is 9.74. The van der Waals surface area contributed by atoms with Gasteiger partial charge in [0.1, 0.15) is 0 Å². The molecule has 2 atom stereocenters. The molecule has 0 spiro atoms. The second kappa shape index (κ2) is 4.13. The summed E-state index contributed by atoms with van der Waals surface area (Å²) in [6.07, 6.45) is -0.622. The monoisotopic (exact) mass is 258 g/mol. The van der Waals surface area contributed by atoms with Crippen LogP contribution in [0.2, 0.25) is 4.82 Å². The minimum atomic E-state index is -0.622. The Labute approximate surface area is 88.2 Å². The summed E-state index contributed by atoms with van der Waals surface area (Å²) in [6.45, 7) is 0.151. The molecule has 2 rings (SSSR count). The first-order chi connectivity index (χ1) is 6.77. The summed E-state index contributed by atoms with van der Waals surface area (Å²) >= 11 is -0.0335. The van der Waals surface area contributed by atoms with Crippen molar-refractivity contribution in [3.05, 3.63) is 30.3 Å². The van der Waals surface area contributed by atoms with Gasteiger partial charge in [-0.1, -0.05) is 0 Å². The Morgan fingerprint density at radius 3 is 2.64 bits per heavy atom. The van der Waals surface area contributed by atoms with Gasteiger partial charge in [-0.3, -0.25) is 0 Å². The van der Waals surface area contributed by atoms with Crippen molar-refractivity contribution >= 4 is 25.4 Å². The van der Waals surface area contributed by atoms with E-state index in [0.717, 1.165) is 4.46 Å². The number of carbonyl (C=O) groups excluding carboxylic acids is 1. The molecule has 0 aliphatic carbocycles. The summed E-state index contributed by atoms with van der Waals surface area (Å²) in [4.78, 5) is 10.9. The van der Waals surface area contributed by atoms with Crippen LogP contribution in [-0.4, -0.2) is 38.7 Å². The van der Waals surface area contributed by atoms with Gasteiger partial charge in [0.2, 0.25) is 0 Å². The molecule has 1 saturated heterocycles. The number of rotatable bonds is 2. The third-order valence-corrected chi connectivity index (χ3v) is 4.72. The van der Waals surface area contributed by atoms with E-state index in [1.165, 1.54) is 0 Å². The van der Waals surface area contributed by atoms with Crippen LogP contribution in [0, 0.1) is 0 Å². The molecule has 14 heavy (non-hydrogen) atoms. The fraction of sp³-hybridized carbons (Fsp3) is 0.300. The van der Waals surface area contributed by atoms with Gasteiger partial charge in [-0.2, -0.15) is 0 Å². The molecular formula is C10H10O3Se. The number of esters is 1. The van der Waals surface area contributed by atoms with Crippen molar-refractivity contribution in [3.63, 3.8) is 0 Å². The maximum absolute atomic E-state index is 11.2. The standard InChI is InChI=1S/C10H10O3Se/c11-8-6-13-10(12)9(8)14-7-4-2-1-3-5-7/h1-5,8-9,11H,6H2. The summed E-state index contributed by atoms with van der Waals surface area (Å²) in [5.41, 5.74) is 0. The topological polar surface area (TPSA) is 46.5 Å². The van der Waals surface area contributed by atoms with Crippen LogP contribution < -0.4 is 4.46 Å². The van der Waals surface area contributed by atoms with E-state index in [9.17, 15) is 9.90 Å². The van der Waals surface area contributed by atoms with Crippen LogP contribution in [-0.2, 0) is 9.53 Å². The second-order valence-electron chi connectivity index (χ2n) is 3.05. The average Bonchev–Trinajstić information content (AvgIpc) is 2.51. The van der Waals surface area contributed by atoms with Gasteiger partial charge in [0, 0.05) is 0 Å². The Hall–Kier alpha value is -0.831. The fourth-order valence-electron chi connectivity index (χ4n) is 1.27. The number of aliphatic hydroxyl groups excluding tert-OH is 1. The van der Waals surface area contributed by atoms with E-state index in [0.29, 0.717) is 0 Å². The Morgan fingerprint density at radius 1 is 1.36 bits per heavy atom. The number of aliphatic hydroxyl groups is 1. The van der Waals surface area contributed by atoms with E-state index in [1.807, 2.05) is 30.3 Å². The summed E-state index contributed by atoms with van der Waals surface area (Å²) < 4.78 is 5.89. The normalized spacial score (nSPS) is 26.2. The molecule has 1 aromatic carbocycles. The molecule has 1 aromatic rings. The zero-order valence-corrected chi connectivity index (χ0v) is 9.13. The number of hydrogen-bond acceptors (Lipinski definition) is 3. The first kappa shape index (κ1) is 9.71. The summed E-state index contributed by atoms with van der Waals surface area (Å²) in [5, 5.41) is 9.49. The van der Waals surface area contributed by atoms with Crippen LogP contribution in [0.1, 0.15) is 0 Å². The molecule has 0 aromatic heterocycles. The number of carbonyl (C=O) groups is 1. The van der Waals surface area contributed by atoms with Gasteiger partial charge in [-0.15, -0.1) is 0 Å². The molecule has 0 bridgehead atoms. The van der Waals surface area contributed by atoms with Gasteiger partial charge in [0.25, 0.3) is 0 Å². The molecule has 2 unspecified atom stereocenters. The third-order valence-electron chi connectivity index (χ3n) is 1.98. The molecule has 3 nitrogen and oxygen atoms in total. The van der Waals surface area contributed by atoms with Crippen molar-refractivity contribution in [2.75, 3.05) is 6.61 Å². The number of cyclic esters (lactones) is 1. The Morgan fingerprint density at radius 2 is 2.07 bits per heavy atom. The SMILES string of the molecule is O=C1OCC(O)C1[Se]c1ccccc1. The van der Waals surface area contributed by atoms with Gasteiger partial charge < -0.3 is 0 Å². The van der Waals surface area contributed by atoms with Crippen molar-refractivity contribution in [1.82, 2.24) is 0 Å². The molecule has 4 heteroatoms. The van der Waals surface area contributed by atoms with Gasteiger partial charge in [-0.25, -0.2) is 0 Å². The first-order valence-electron chi connectivity index (χ1n) is 4.34. The molecule has 1 aliphatic heterocycles. The van der Waals surface area contributed by atoms with E-state index in [-0.39, 0.29) is 32.3 Å². The van der Waals surface area contributed by atoms with Crippen LogP contribution in [0.4, 0.5) is 0 Å². The predicted octanol–water partition coefficient (Wildman–Crippen LogP) is -0.278. The summed E-state index contributed by atoms with van der Waals surface area (Å²) in [5.74, 6) is -0.263. The second-order valence-corrected chi connectivity index (χ2v) is 5.60. The molecule has 0 amide bonds. The number of hydrogen-bond donors (Lipinski definition) is 1. The molecular weight excluding hydrogens is 247 g/mol.